The van der Waals surface area contributed by atoms with Gasteiger partial charge in [-0.05, 0) is 25.5 Å². The van der Waals surface area contributed by atoms with Crippen molar-refractivity contribution in [2.45, 2.75) is 32.2 Å². The maximum atomic E-state index is 5.22. The van der Waals surface area contributed by atoms with Gasteiger partial charge < -0.3 is 9.73 Å². The van der Waals surface area contributed by atoms with E-state index in [1.165, 1.54) is 5.56 Å². The lowest BCUT2D eigenvalue weighted by Crippen LogP contribution is -2.20. The van der Waals surface area contributed by atoms with Crippen LogP contribution in [-0.2, 0) is 0 Å². The molecule has 0 spiro atoms. The lowest BCUT2D eigenvalue weighted by molar-refractivity contribution is 0.490. The molecule has 1 unspecified atom stereocenters. The van der Waals surface area contributed by atoms with Gasteiger partial charge in [0.15, 0.2) is 0 Å². The molecule has 0 bridgehead atoms. The van der Waals surface area contributed by atoms with Crippen LogP contribution in [0.15, 0.2) is 23.0 Å². The molecule has 0 aliphatic heterocycles. The standard InChI is InChI=1S/C12H17NO/c1-3-5-6-7-12(13-4-2)11-8-9-14-10-11/h1,8-10,12-13H,4-7H2,2H3. The second kappa shape index (κ2) is 6.28. The molecule has 1 N–H and O–H groups in total. The van der Waals surface area contributed by atoms with Crippen molar-refractivity contribution in [1.29, 1.82) is 0 Å². The zero-order valence-electron chi connectivity index (χ0n) is 8.62. The van der Waals surface area contributed by atoms with Crippen LogP contribution >= 0.6 is 0 Å². The summed E-state index contributed by atoms with van der Waals surface area (Å²) < 4.78 is 5.07. The maximum Gasteiger partial charge on any atom is 0.0950 e. The van der Waals surface area contributed by atoms with Crippen LogP contribution in [-0.4, -0.2) is 6.54 Å². The Hall–Kier alpha value is -1.20. The highest BCUT2D eigenvalue weighted by Crippen LogP contribution is 2.19. The van der Waals surface area contributed by atoms with Gasteiger partial charge in [0.2, 0.25) is 0 Å². The molecular formula is C12H17NO. The van der Waals surface area contributed by atoms with Crippen molar-refractivity contribution in [3.63, 3.8) is 0 Å². The molecular weight excluding hydrogens is 174 g/mol. The zero-order chi connectivity index (χ0) is 10.2. The van der Waals surface area contributed by atoms with Gasteiger partial charge in [-0.2, -0.15) is 0 Å². The van der Waals surface area contributed by atoms with E-state index in [1.54, 1.807) is 12.5 Å². The average Bonchev–Trinajstić information content (AvgIpc) is 2.70. The molecule has 1 aromatic heterocycles. The van der Waals surface area contributed by atoms with Gasteiger partial charge in [-0.3, -0.25) is 0 Å². The Morgan fingerprint density at radius 1 is 1.64 bits per heavy atom. The predicted molar refractivity (Wildman–Crippen MR) is 57.8 cm³/mol. The second-order valence-corrected chi connectivity index (χ2v) is 3.26. The van der Waals surface area contributed by atoms with Crippen LogP contribution in [0.4, 0.5) is 0 Å². The van der Waals surface area contributed by atoms with Crippen molar-refractivity contribution in [3.05, 3.63) is 24.2 Å². The average molecular weight is 191 g/mol. The molecule has 2 nitrogen and oxygen atoms in total. The first-order chi connectivity index (χ1) is 6.88. The fourth-order valence-electron chi connectivity index (χ4n) is 1.51. The maximum absolute atomic E-state index is 5.22. The molecule has 2 heteroatoms. The Balaban J connectivity index is 2.44. The van der Waals surface area contributed by atoms with Gasteiger partial charge in [0.05, 0.1) is 12.5 Å². The molecule has 0 aliphatic carbocycles. The highest BCUT2D eigenvalue weighted by Gasteiger charge is 2.10. The van der Waals surface area contributed by atoms with Crippen LogP contribution < -0.4 is 5.32 Å². The summed E-state index contributed by atoms with van der Waals surface area (Å²) in [6.07, 6.45) is 11.7. The van der Waals surface area contributed by atoms with Crippen LogP contribution in [0.3, 0.4) is 0 Å². The predicted octanol–water partition coefficient (Wildman–Crippen LogP) is 2.73. The van der Waals surface area contributed by atoms with Gasteiger partial charge >= 0.3 is 0 Å². The van der Waals surface area contributed by atoms with Gasteiger partial charge in [-0.1, -0.05) is 6.92 Å². The highest BCUT2D eigenvalue weighted by molar-refractivity contribution is 5.11. The SMILES string of the molecule is C#CCCCC(NCC)c1ccoc1. The van der Waals surface area contributed by atoms with E-state index in [9.17, 15) is 0 Å². The lowest BCUT2D eigenvalue weighted by Gasteiger charge is -2.15. The number of terminal acetylenes is 1. The highest BCUT2D eigenvalue weighted by atomic mass is 16.3. The van der Waals surface area contributed by atoms with Gasteiger partial charge in [-0.25, -0.2) is 0 Å². The van der Waals surface area contributed by atoms with E-state index in [-0.39, 0.29) is 0 Å². The van der Waals surface area contributed by atoms with E-state index < -0.39 is 0 Å². The molecule has 1 aromatic rings. The van der Waals surface area contributed by atoms with Gasteiger partial charge in [-0.15, -0.1) is 12.3 Å². The van der Waals surface area contributed by atoms with E-state index in [0.717, 1.165) is 25.8 Å². The lowest BCUT2D eigenvalue weighted by atomic mass is 10.0. The molecule has 14 heavy (non-hydrogen) atoms. The van der Waals surface area contributed by atoms with Gasteiger partial charge in [0.1, 0.15) is 0 Å². The summed E-state index contributed by atoms with van der Waals surface area (Å²) in [6, 6.07) is 2.38. The van der Waals surface area contributed by atoms with E-state index >= 15 is 0 Å². The first kappa shape index (κ1) is 10.9. The number of rotatable bonds is 6. The van der Waals surface area contributed by atoms with E-state index in [2.05, 4.69) is 18.2 Å². The van der Waals surface area contributed by atoms with Crippen molar-refractivity contribution in [2.24, 2.45) is 0 Å². The molecule has 0 aliphatic rings. The summed E-state index contributed by atoms with van der Waals surface area (Å²) in [6.45, 7) is 3.07. The Morgan fingerprint density at radius 3 is 3.07 bits per heavy atom. The van der Waals surface area contributed by atoms with Crippen LogP contribution in [0.5, 0.6) is 0 Å². The van der Waals surface area contributed by atoms with Crippen molar-refractivity contribution in [3.8, 4) is 12.3 Å². The third kappa shape index (κ3) is 3.27. The molecule has 1 rings (SSSR count). The number of furan rings is 1. The molecule has 0 saturated heterocycles. The monoisotopic (exact) mass is 191 g/mol. The van der Waals surface area contributed by atoms with Crippen LogP contribution in [0, 0.1) is 12.3 Å². The number of nitrogens with one attached hydrogen (secondary N) is 1. The second-order valence-electron chi connectivity index (χ2n) is 3.26. The Bertz CT molecular complexity index is 271. The topological polar surface area (TPSA) is 25.2 Å². The Morgan fingerprint density at radius 2 is 2.50 bits per heavy atom. The molecule has 1 heterocycles. The summed E-state index contributed by atoms with van der Waals surface area (Å²) in [4.78, 5) is 0. The molecule has 76 valence electrons. The fraction of sp³-hybridized carbons (Fsp3) is 0.500. The van der Waals surface area contributed by atoms with Crippen LogP contribution in [0.1, 0.15) is 37.8 Å². The van der Waals surface area contributed by atoms with E-state index in [4.69, 9.17) is 10.8 Å². The third-order valence-electron chi connectivity index (χ3n) is 2.21. The molecule has 0 radical (unpaired) electrons. The van der Waals surface area contributed by atoms with E-state index in [1.807, 2.05) is 6.07 Å². The van der Waals surface area contributed by atoms with Crippen molar-refractivity contribution in [2.75, 3.05) is 6.54 Å². The number of unbranched alkanes of at least 4 members (excludes halogenated alkanes) is 1. The summed E-state index contributed by atoms with van der Waals surface area (Å²) >= 11 is 0. The Labute approximate surface area is 85.7 Å². The Kier molecular flexibility index (Phi) is 4.88. The summed E-state index contributed by atoms with van der Waals surface area (Å²) in [5.74, 6) is 2.66. The quantitative estimate of drug-likeness (QED) is 0.552. The largest absolute Gasteiger partial charge is 0.472 e. The summed E-state index contributed by atoms with van der Waals surface area (Å²) in [5, 5.41) is 3.42. The number of hydrogen-bond acceptors (Lipinski definition) is 2. The first-order valence-electron chi connectivity index (χ1n) is 5.07. The third-order valence-corrected chi connectivity index (χ3v) is 2.21. The van der Waals surface area contributed by atoms with E-state index in [0.29, 0.717) is 6.04 Å². The fourth-order valence-corrected chi connectivity index (χ4v) is 1.51. The van der Waals surface area contributed by atoms with Gasteiger partial charge in [0, 0.05) is 18.0 Å². The van der Waals surface area contributed by atoms with Crippen LogP contribution in [0.25, 0.3) is 0 Å². The summed E-state index contributed by atoms with van der Waals surface area (Å²) in [5.41, 5.74) is 1.21. The first-order valence-corrected chi connectivity index (χ1v) is 5.07. The number of hydrogen-bond donors (Lipinski definition) is 1. The zero-order valence-corrected chi connectivity index (χ0v) is 8.62. The molecule has 1 atom stereocenters. The minimum Gasteiger partial charge on any atom is -0.472 e. The molecule has 0 saturated carbocycles. The van der Waals surface area contributed by atoms with Crippen molar-refractivity contribution >= 4 is 0 Å². The minimum atomic E-state index is 0.382. The summed E-state index contributed by atoms with van der Waals surface area (Å²) in [7, 11) is 0. The molecule has 0 aromatic carbocycles. The molecule has 0 amide bonds. The van der Waals surface area contributed by atoms with Crippen molar-refractivity contribution in [1.82, 2.24) is 5.32 Å². The van der Waals surface area contributed by atoms with Crippen LogP contribution in [0.2, 0.25) is 0 Å². The van der Waals surface area contributed by atoms with Crippen molar-refractivity contribution < 1.29 is 4.42 Å². The normalized spacial score (nSPS) is 12.3. The van der Waals surface area contributed by atoms with Gasteiger partial charge in [0.25, 0.3) is 0 Å². The smallest absolute Gasteiger partial charge is 0.0950 e. The molecule has 0 fully saturated rings. The minimum absolute atomic E-state index is 0.382.